The summed E-state index contributed by atoms with van der Waals surface area (Å²) in [6, 6.07) is 12.9. The average Bonchev–Trinajstić information content (AvgIpc) is 3.42. The molecule has 0 radical (unpaired) electrons. The molecule has 0 aliphatic rings. The lowest BCUT2D eigenvalue weighted by molar-refractivity contribution is 0.102. The second kappa shape index (κ2) is 9.46. The maximum Gasteiger partial charge on any atom is 0.276 e. The lowest BCUT2D eigenvalue weighted by Crippen LogP contribution is -2.14. The van der Waals surface area contributed by atoms with E-state index < -0.39 is 0 Å². The third kappa shape index (κ3) is 5.12. The lowest BCUT2D eigenvalue weighted by Gasteiger charge is -2.10. The van der Waals surface area contributed by atoms with E-state index in [1.54, 1.807) is 34.0 Å². The topological polar surface area (TPSA) is 74.0 Å². The summed E-state index contributed by atoms with van der Waals surface area (Å²) < 4.78 is 9.03. The van der Waals surface area contributed by atoms with Crippen LogP contribution in [-0.2, 0) is 13.3 Å². The summed E-state index contributed by atoms with van der Waals surface area (Å²) in [5, 5.41) is 12.8. The van der Waals surface area contributed by atoms with Gasteiger partial charge in [0, 0.05) is 22.4 Å². The molecule has 1 N–H and O–H groups in total. The number of carbonyl (C=O) groups is 1. The quantitative estimate of drug-likeness (QED) is 0.396. The Morgan fingerprint density at radius 1 is 1.09 bits per heavy atom. The smallest absolute Gasteiger partial charge is 0.276 e. The molecule has 0 saturated heterocycles. The van der Waals surface area contributed by atoms with Crippen LogP contribution >= 0.6 is 23.2 Å². The average molecular weight is 470 g/mol. The Kier molecular flexibility index (Phi) is 6.48. The molecule has 0 spiro atoms. The van der Waals surface area contributed by atoms with Gasteiger partial charge in [-0.25, -0.2) is 4.68 Å². The van der Waals surface area contributed by atoms with E-state index in [9.17, 15) is 4.79 Å². The summed E-state index contributed by atoms with van der Waals surface area (Å²) in [6.07, 6.45) is 5.01. The zero-order chi connectivity index (χ0) is 22.7. The number of nitrogens with zero attached hydrogens (tertiary/aromatic N) is 4. The number of ether oxygens (including phenoxy) is 1. The molecular formula is C23H21Cl2N5O2. The van der Waals surface area contributed by atoms with Crippen LogP contribution in [0, 0.1) is 13.8 Å². The summed E-state index contributed by atoms with van der Waals surface area (Å²) >= 11 is 12.4. The molecule has 164 valence electrons. The number of nitrogens with one attached hydrogen (secondary N) is 1. The van der Waals surface area contributed by atoms with Gasteiger partial charge in [0.2, 0.25) is 0 Å². The zero-order valence-electron chi connectivity index (χ0n) is 17.5. The molecule has 9 heteroatoms. The minimum atomic E-state index is -0.334. The normalized spacial score (nSPS) is 10.9. The number of amides is 1. The Morgan fingerprint density at radius 3 is 2.59 bits per heavy atom. The fraction of sp³-hybridized carbons (Fsp3) is 0.174. The van der Waals surface area contributed by atoms with Crippen molar-refractivity contribution in [2.75, 3.05) is 5.32 Å². The number of anilines is 1. The summed E-state index contributed by atoms with van der Waals surface area (Å²) in [5.41, 5.74) is 3.67. The molecule has 0 aliphatic heterocycles. The zero-order valence-corrected chi connectivity index (χ0v) is 19.1. The third-order valence-corrected chi connectivity index (χ3v) is 5.79. The number of halogens is 2. The summed E-state index contributed by atoms with van der Waals surface area (Å²) in [7, 11) is 0. The number of benzene rings is 2. The summed E-state index contributed by atoms with van der Waals surface area (Å²) in [4.78, 5) is 12.5. The lowest BCUT2D eigenvalue weighted by atomic mass is 10.1. The summed E-state index contributed by atoms with van der Waals surface area (Å²) in [5.74, 6) is 0.357. The van der Waals surface area contributed by atoms with Crippen LogP contribution in [0.15, 0.2) is 61.1 Å². The van der Waals surface area contributed by atoms with Gasteiger partial charge >= 0.3 is 0 Å². The second-order valence-electron chi connectivity index (χ2n) is 7.36. The van der Waals surface area contributed by atoms with Crippen LogP contribution in [0.1, 0.15) is 27.2 Å². The van der Waals surface area contributed by atoms with Crippen molar-refractivity contribution in [1.82, 2.24) is 19.6 Å². The number of carbonyl (C=O) groups excluding carboxylic acids is 1. The van der Waals surface area contributed by atoms with Gasteiger partial charge in [-0.2, -0.15) is 10.2 Å². The van der Waals surface area contributed by atoms with E-state index in [-0.39, 0.29) is 18.3 Å². The molecule has 0 unspecified atom stereocenters. The molecule has 1 amide bonds. The maximum absolute atomic E-state index is 12.5. The molecule has 0 aliphatic carbocycles. The third-order valence-electron chi connectivity index (χ3n) is 4.83. The van der Waals surface area contributed by atoms with Gasteiger partial charge in [0.15, 0.2) is 12.4 Å². The molecular weight excluding hydrogens is 449 g/mol. The Bertz CT molecular complexity index is 1240. The van der Waals surface area contributed by atoms with Gasteiger partial charge < -0.3 is 10.1 Å². The maximum atomic E-state index is 12.5. The van der Waals surface area contributed by atoms with E-state index >= 15 is 0 Å². The number of hydrogen-bond donors (Lipinski definition) is 1. The molecule has 0 atom stereocenters. The van der Waals surface area contributed by atoms with Crippen LogP contribution in [0.3, 0.4) is 0 Å². The highest BCUT2D eigenvalue weighted by molar-refractivity contribution is 6.32. The predicted molar refractivity (Wildman–Crippen MR) is 125 cm³/mol. The number of aryl methyl sites for hydroxylation is 2. The first-order valence-corrected chi connectivity index (χ1v) is 10.6. The molecule has 4 rings (SSSR count). The second-order valence-corrected chi connectivity index (χ2v) is 8.14. The van der Waals surface area contributed by atoms with Gasteiger partial charge in [-0.15, -0.1) is 0 Å². The fourth-order valence-electron chi connectivity index (χ4n) is 3.20. The highest BCUT2D eigenvalue weighted by Gasteiger charge is 2.12. The highest BCUT2D eigenvalue weighted by Crippen LogP contribution is 2.26. The highest BCUT2D eigenvalue weighted by atomic mass is 35.5. The first-order valence-electron chi connectivity index (χ1n) is 9.89. The molecule has 0 bridgehead atoms. The molecule has 32 heavy (non-hydrogen) atoms. The van der Waals surface area contributed by atoms with Crippen molar-refractivity contribution in [1.29, 1.82) is 0 Å². The Balaban J connectivity index is 1.35. The van der Waals surface area contributed by atoms with E-state index in [1.807, 2.05) is 50.2 Å². The minimum absolute atomic E-state index is 0.170. The van der Waals surface area contributed by atoms with Crippen molar-refractivity contribution in [2.45, 2.75) is 27.1 Å². The monoisotopic (exact) mass is 469 g/mol. The van der Waals surface area contributed by atoms with Gasteiger partial charge in [0.1, 0.15) is 5.75 Å². The predicted octanol–water partition coefficient (Wildman–Crippen LogP) is 5.34. The van der Waals surface area contributed by atoms with E-state index in [4.69, 9.17) is 27.9 Å². The molecule has 4 aromatic rings. The van der Waals surface area contributed by atoms with Gasteiger partial charge in [-0.3, -0.25) is 9.48 Å². The van der Waals surface area contributed by atoms with Crippen molar-refractivity contribution >= 4 is 34.8 Å². The molecule has 0 fully saturated rings. The summed E-state index contributed by atoms with van der Waals surface area (Å²) in [6.45, 7) is 4.53. The van der Waals surface area contributed by atoms with E-state index in [2.05, 4.69) is 15.5 Å². The largest absolute Gasteiger partial charge is 0.471 e. The van der Waals surface area contributed by atoms with Crippen molar-refractivity contribution in [3.05, 3.63) is 93.5 Å². The van der Waals surface area contributed by atoms with Crippen LogP contribution in [0.25, 0.3) is 0 Å². The van der Waals surface area contributed by atoms with Crippen molar-refractivity contribution in [2.24, 2.45) is 0 Å². The Hall–Kier alpha value is -3.29. The Labute approximate surface area is 195 Å². The van der Waals surface area contributed by atoms with E-state index in [0.717, 1.165) is 21.7 Å². The standard InChI is InChI=1S/C23H21Cl2N5O2/c1-15-9-19(10-16(2)22(15)25)32-14-29-8-7-21(28-29)23(31)27-18-11-26-30(13-18)12-17-5-3-4-6-20(17)24/h3-11,13H,12,14H2,1-2H3,(H,27,31). The van der Waals surface area contributed by atoms with Gasteiger partial charge in [0.05, 0.1) is 18.4 Å². The van der Waals surface area contributed by atoms with Crippen molar-refractivity contribution in [3.8, 4) is 5.75 Å². The number of hydrogen-bond acceptors (Lipinski definition) is 4. The fourth-order valence-corrected chi connectivity index (χ4v) is 3.50. The molecule has 2 aromatic carbocycles. The van der Waals surface area contributed by atoms with Crippen LogP contribution in [0.4, 0.5) is 5.69 Å². The first kappa shape index (κ1) is 21.9. The van der Waals surface area contributed by atoms with Gasteiger partial charge in [-0.05, 0) is 54.8 Å². The molecule has 7 nitrogen and oxygen atoms in total. The first-order chi connectivity index (χ1) is 15.4. The van der Waals surface area contributed by atoms with Crippen LogP contribution in [0.2, 0.25) is 10.0 Å². The van der Waals surface area contributed by atoms with Crippen LogP contribution in [-0.4, -0.2) is 25.5 Å². The van der Waals surface area contributed by atoms with Crippen LogP contribution < -0.4 is 10.1 Å². The van der Waals surface area contributed by atoms with Crippen molar-refractivity contribution in [3.63, 3.8) is 0 Å². The van der Waals surface area contributed by atoms with Crippen LogP contribution in [0.5, 0.6) is 5.75 Å². The van der Waals surface area contributed by atoms with Gasteiger partial charge in [-0.1, -0.05) is 41.4 Å². The van der Waals surface area contributed by atoms with E-state index in [1.165, 1.54) is 0 Å². The van der Waals surface area contributed by atoms with Crippen molar-refractivity contribution < 1.29 is 9.53 Å². The molecule has 2 heterocycles. The van der Waals surface area contributed by atoms with Gasteiger partial charge in [0.25, 0.3) is 5.91 Å². The SMILES string of the molecule is Cc1cc(OCn2ccc(C(=O)Nc3cnn(Cc4ccccc4Cl)c3)n2)cc(C)c1Cl. The van der Waals surface area contributed by atoms with E-state index in [0.29, 0.717) is 23.0 Å². The Morgan fingerprint density at radius 2 is 1.84 bits per heavy atom. The molecule has 0 saturated carbocycles. The minimum Gasteiger partial charge on any atom is -0.471 e. The number of rotatable bonds is 7. The number of aromatic nitrogens is 4. The molecule has 2 aromatic heterocycles.